The van der Waals surface area contributed by atoms with Crippen molar-refractivity contribution in [3.63, 3.8) is 0 Å². The molecule has 1 aliphatic rings. The second-order valence-electron chi connectivity index (χ2n) is 5.87. The van der Waals surface area contributed by atoms with Gasteiger partial charge < -0.3 is 14.4 Å². The molecule has 0 bridgehead atoms. The minimum atomic E-state index is -3.22. The van der Waals surface area contributed by atoms with Gasteiger partial charge in [-0.25, -0.2) is 12.7 Å². The molecule has 8 heteroatoms. The highest BCUT2D eigenvalue weighted by atomic mass is 32.2. The fourth-order valence-electron chi connectivity index (χ4n) is 2.85. The van der Waals surface area contributed by atoms with E-state index in [1.54, 1.807) is 37.3 Å². The van der Waals surface area contributed by atoms with Crippen LogP contribution in [0.4, 0.5) is 0 Å². The number of methoxy groups -OCH3 is 2. The van der Waals surface area contributed by atoms with Gasteiger partial charge in [0.15, 0.2) is 0 Å². The highest BCUT2D eigenvalue weighted by Gasteiger charge is 2.30. The molecule has 0 saturated carbocycles. The van der Waals surface area contributed by atoms with Gasteiger partial charge in [-0.15, -0.1) is 0 Å². The zero-order chi connectivity index (χ0) is 17.9. The predicted molar refractivity (Wildman–Crippen MR) is 91.1 cm³/mol. The van der Waals surface area contributed by atoms with Gasteiger partial charge in [-0.05, 0) is 31.0 Å². The summed E-state index contributed by atoms with van der Waals surface area (Å²) in [6.45, 7) is 1.01. The zero-order valence-corrected chi connectivity index (χ0v) is 15.3. The number of hydrogen-bond acceptors (Lipinski definition) is 5. The second kappa shape index (κ2) is 7.40. The molecule has 1 aromatic carbocycles. The van der Waals surface area contributed by atoms with Crippen LogP contribution in [0.15, 0.2) is 18.2 Å². The number of carbonyl (C=O) groups is 1. The number of piperidine rings is 1. The molecule has 1 amide bonds. The Morgan fingerprint density at radius 3 is 2.33 bits per heavy atom. The van der Waals surface area contributed by atoms with Crippen LogP contribution in [0.25, 0.3) is 0 Å². The molecule has 1 heterocycles. The Labute approximate surface area is 143 Å². The Hall–Kier alpha value is -1.80. The quantitative estimate of drug-likeness (QED) is 0.792. The summed E-state index contributed by atoms with van der Waals surface area (Å²) in [7, 11) is 1.43. The van der Waals surface area contributed by atoms with Gasteiger partial charge in [0.1, 0.15) is 11.5 Å². The molecule has 2 rings (SSSR count). The van der Waals surface area contributed by atoms with Gasteiger partial charge in [-0.1, -0.05) is 0 Å². The monoisotopic (exact) mass is 356 g/mol. The van der Waals surface area contributed by atoms with Crippen LogP contribution in [-0.4, -0.2) is 70.2 Å². The maximum atomic E-state index is 12.8. The molecular weight excluding hydrogens is 332 g/mol. The first-order valence-corrected chi connectivity index (χ1v) is 9.57. The topological polar surface area (TPSA) is 76.2 Å². The number of nitrogens with zero attached hydrogens (tertiary/aromatic N) is 2. The SMILES string of the molecule is COc1ccc(OC)c(C(=O)N2CCC(N(C)S(C)(=O)=O)CC2)c1. The van der Waals surface area contributed by atoms with Crippen LogP contribution in [0.5, 0.6) is 11.5 Å². The lowest BCUT2D eigenvalue weighted by Gasteiger charge is -2.35. The van der Waals surface area contributed by atoms with Crippen LogP contribution >= 0.6 is 0 Å². The van der Waals surface area contributed by atoms with E-state index in [4.69, 9.17) is 9.47 Å². The molecule has 0 atom stereocenters. The Balaban J connectivity index is 2.11. The van der Waals surface area contributed by atoms with E-state index in [0.717, 1.165) is 0 Å². The molecule has 0 unspecified atom stereocenters. The standard InChI is InChI=1S/C16H24N2O5S/c1-17(24(4,20)21)12-7-9-18(10-8-12)16(19)14-11-13(22-2)5-6-15(14)23-3/h5-6,11-12H,7-10H2,1-4H3. The van der Waals surface area contributed by atoms with Crippen LogP contribution in [0.2, 0.25) is 0 Å². The average molecular weight is 356 g/mol. The Morgan fingerprint density at radius 1 is 1.21 bits per heavy atom. The van der Waals surface area contributed by atoms with E-state index in [0.29, 0.717) is 43.0 Å². The Morgan fingerprint density at radius 2 is 1.83 bits per heavy atom. The molecule has 0 spiro atoms. The van der Waals surface area contributed by atoms with Crippen molar-refractivity contribution in [3.05, 3.63) is 23.8 Å². The number of hydrogen-bond donors (Lipinski definition) is 0. The normalized spacial score (nSPS) is 16.3. The van der Waals surface area contributed by atoms with E-state index < -0.39 is 10.0 Å². The van der Waals surface area contributed by atoms with Gasteiger partial charge in [0.2, 0.25) is 10.0 Å². The van der Waals surface area contributed by atoms with E-state index in [1.165, 1.54) is 17.7 Å². The molecular formula is C16H24N2O5S. The molecule has 0 aliphatic carbocycles. The number of rotatable bonds is 5. The van der Waals surface area contributed by atoms with E-state index in [1.807, 2.05) is 0 Å². The predicted octanol–water partition coefficient (Wildman–Crippen LogP) is 1.20. The van der Waals surface area contributed by atoms with Gasteiger partial charge in [-0.2, -0.15) is 0 Å². The van der Waals surface area contributed by atoms with Gasteiger partial charge in [-0.3, -0.25) is 4.79 Å². The van der Waals surface area contributed by atoms with Crippen LogP contribution in [0.3, 0.4) is 0 Å². The molecule has 0 N–H and O–H groups in total. The molecule has 1 aromatic rings. The lowest BCUT2D eigenvalue weighted by molar-refractivity contribution is 0.0682. The summed E-state index contributed by atoms with van der Waals surface area (Å²) in [6, 6.07) is 5.03. The van der Waals surface area contributed by atoms with Gasteiger partial charge in [0, 0.05) is 26.2 Å². The number of sulfonamides is 1. The molecule has 1 saturated heterocycles. The summed E-state index contributed by atoms with van der Waals surface area (Å²) < 4.78 is 35.1. The fraction of sp³-hybridized carbons (Fsp3) is 0.562. The van der Waals surface area contributed by atoms with Crippen LogP contribution < -0.4 is 9.47 Å². The largest absolute Gasteiger partial charge is 0.497 e. The van der Waals surface area contributed by atoms with Gasteiger partial charge >= 0.3 is 0 Å². The van der Waals surface area contributed by atoms with Crippen LogP contribution in [0.1, 0.15) is 23.2 Å². The molecule has 134 valence electrons. The maximum absolute atomic E-state index is 12.8. The molecule has 24 heavy (non-hydrogen) atoms. The van der Waals surface area contributed by atoms with E-state index >= 15 is 0 Å². The third-order valence-electron chi connectivity index (χ3n) is 4.43. The maximum Gasteiger partial charge on any atom is 0.257 e. The lowest BCUT2D eigenvalue weighted by atomic mass is 10.0. The minimum absolute atomic E-state index is 0.0729. The third kappa shape index (κ3) is 3.99. The Kier molecular flexibility index (Phi) is 5.71. The summed E-state index contributed by atoms with van der Waals surface area (Å²) >= 11 is 0. The van der Waals surface area contributed by atoms with Crippen molar-refractivity contribution in [2.45, 2.75) is 18.9 Å². The summed E-state index contributed by atoms with van der Waals surface area (Å²) in [6.07, 6.45) is 2.43. The minimum Gasteiger partial charge on any atom is -0.497 e. The molecule has 0 aromatic heterocycles. The van der Waals surface area contributed by atoms with Crippen molar-refractivity contribution in [2.24, 2.45) is 0 Å². The van der Waals surface area contributed by atoms with Gasteiger partial charge in [0.05, 0.1) is 26.0 Å². The summed E-state index contributed by atoms with van der Waals surface area (Å²) in [5, 5.41) is 0. The second-order valence-corrected chi connectivity index (χ2v) is 7.91. The molecule has 1 aliphatic heterocycles. The summed E-state index contributed by atoms with van der Waals surface area (Å²) in [4.78, 5) is 14.5. The van der Waals surface area contributed by atoms with Crippen molar-refractivity contribution < 1.29 is 22.7 Å². The van der Waals surface area contributed by atoms with E-state index in [2.05, 4.69) is 0 Å². The van der Waals surface area contributed by atoms with Crippen molar-refractivity contribution in [2.75, 3.05) is 40.6 Å². The average Bonchev–Trinajstić information content (AvgIpc) is 2.59. The lowest BCUT2D eigenvalue weighted by Crippen LogP contribution is -2.47. The molecule has 7 nitrogen and oxygen atoms in total. The fourth-order valence-corrected chi connectivity index (χ4v) is 3.61. The van der Waals surface area contributed by atoms with Gasteiger partial charge in [0.25, 0.3) is 5.91 Å². The van der Waals surface area contributed by atoms with Crippen LogP contribution in [-0.2, 0) is 10.0 Å². The highest BCUT2D eigenvalue weighted by Crippen LogP contribution is 2.27. The first-order chi connectivity index (χ1) is 11.3. The van der Waals surface area contributed by atoms with Crippen molar-refractivity contribution in [1.29, 1.82) is 0 Å². The number of likely N-dealkylation sites (tertiary alicyclic amines) is 1. The van der Waals surface area contributed by atoms with Crippen molar-refractivity contribution in [1.82, 2.24) is 9.21 Å². The number of benzene rings is 1. The van der Waals surface area contributed by atoms with Crippen LogP contribution in [0, 0.1) is 0 Å². The van der Waals surface area contributed by atoms with Crippen molar-refractivity contribution >= 4 is 15.9 Å². The number of amides is 1. The molecule has 0 radical (unpaired) electrons. The smallest absolute Gasteiger partial charge is 0.257 e. The molecule has 1 fully saturated rings. The van der Waals surface area contributed by atoms with Crippen molar-refractivity contribution in [3.8, 4) is 11.5 Å². The van der Waals surface area contributed by atoms with E-state index in [9.17, 15) is 13.2 Å². The summed E-state index contributed by atoms with van der Waals surface area (Å²) in [5.41, 5.74) is 0.451. The first kappa shape index (κ1) is 18.5. The Bertz CT molecular complexity index is 696. The highest BCUT2D eigenvalue weighted by molar-refractivity contribution is 7.88. The first-order valence-electron chi connectivity index (χ1n) is 7.72. The third-order valence-corrected chi connectivity index (χ3v) is 5.77. The number of carbonyl (C=O) groups excluding carboxylic acids is 1. The summed E-state index contributed by atoms with van der Waals surface area (Å²) in [5.74, 6) is 0.952. The van der Waals surface area contributed by atoms with E-state index in [-0.39, 0.29) is 11.9 Å². The number of ether oxygens (including phenoxy) is 2. The zero-order valence-electron chi connectivity index (χ0n) is 14.5.